The van der Waals surface area contributed by atoms with Gasteiger partial charge >= 0.3 is 5.97 Å². The topological polar surface area (TPSA) is 474 Å². The summed E-state index contributed by atoms with van der Waals surface area (Å²) in [5, 5.41) is 29.9. The SMILES string of the molecule is CCCC[C@@H]1NC(=O)[C@@H](CC(N)=O)NC(=O)[C@@H](N)CSSC[C@@H](C(=O)N[C@@H](CC(N)=O)C(=O)O)NC(=O)[C@H]2CCCN2C(=O)[C@H](C(C)C)NC(=O)[C@@H](CCC(N)=O)NC(=O)[C@H](Cc2cnc[nH]2)NC(=O)[C@@H](CC(C)C)NC1=O. The summed E-state index contributed by atoms with van der Waals surface area (Å²) >= 11 is 0. The molecule has 2 fully saturated rings. The van der Waals surface area contributed by atoms with Gasteiger partial charge < -0.3 is 80.5 Å². The van der Waals surface area contributed by atoms with Crippen LogP contribution in [0.15, 0.2) is 12.5 Å². The molecule has 18 N–H and O–H groups in total. The Kier molecular flexibility index (Phi) is 26.8. The summed E-state index contributed by atoms with van der Waals surface area (Å²) in [5.41, 5.74) is 22.7. The lowest BCUT2D eigenvalue weighted by Gasteiger charge is -2.32. The molecule has 31 heteroatoms. The molecule has 0 aromatic carbocycles. The monoisotopic (exact) mass is 1140 g/mol. The van der Waals surface area contributed by atoms with Crippen LogP contribution in [0.5, 0.6) is 0 Å². The zero-order valence-electron chi connectivity index (χ0n) is 44.3. The molecule has 1 aromatic heterocycles. The van der Waals surface area contributed by atoms with Crippen molar-refractivity contribution in [2.75, 3.05) is 18.1 Å². The molecule has 0 radical (unpaired) electrons. The average Bonchev–Trinajstić information content (AvgIpc) is 4.08. The van der Waals surface area contributed by atoms with Gasteiger partial charge in [0.05, 0.1) is 25.2 Å². The number of hydrogen-bond donors (Lipinski definition) is 14. The van der Waals surface area contributed by atoms with E-state index in [1.165, 1.54) is 17.4 Å². The zero-order valence-corrected chi connectivity index (χ0v) is 45.9. The van der Waals surface area contributed by atoms with Crippen LogP contribution in [0.4, 0.5) is 0 Å². The molecular weight excluding hydrogens is 1060 g/mol. The largest absolute Gasteiger partial charge is 0.480 e. The van der Waals surface area contributed by atoms with E-state index in [2.05, 4.69) is 52.5 Å². The van der Waals surface area contributed by atoms with Crippen molar-refractivity contribution in [1.82, 2.24) is 57.4 Å². The number of nitrogens with zero attached hydrogens (tertiary/aromatic N) is 2. The molecule has 2 aliphatic heterocycles. The maximum absolute atomic E-state index is 14.5. The van der Waals surface area contributed by atoms with Crippen molar-refractivity contribution in [1.29, 1.82) is 0 Å². The van der Waals surface area contributed by atoms with E-state index in [-0.39, 0.29) is 62.5 Å². The van der Waals surface area contributed by atoms with Crippen LogP contribution >= 0.6 is 21.6 Å². The molecule has 29 nitrogen and oxygen atoms in total. The molecule has 0 saturated carbocycles. The Bertz CT molecular complexity index is 2330. The Morgan fingerprint density at radius 1 is 0.731 bits per heavy atom. The predicted molar refractivity (Wildman–Crippen MR) is 283 cm³/mol. The molecule has 0 spiro atoms. The molecule has 434 valence electrons. The molecule has 0 unspecified atom stereocenters. The summed E-state index contributed by atoms with van der Waals surface area (Å²) in [5.74, 6) is -14.1. The Hall–Kier alpha value is -7.02. The number of carbonyl (C=O) groups is 13. The number of imidazole rings is 1. The van der Waals surface area contributed by atoms with Gasteiger partial charge in [0.25, 0.3) is 0 Å². The second-order valence-electron chi connectivity index (χ2n) is 19.8. The van der Waals surface area contributed by atoms with E-state index in [1.807, 2.05) is 6.92 Å². The number of unbranched alkanes of at least 4 members (excludes halogenated alkanes) is 1. The maximum atomic E-state index is 14.5. The Morgan fingerprint density at radius 3 is 1.88 bits per heavy atom. The first kappa shape index (κ1) is 65.3. The average molecular weight is 1140 g/mol. The Balaban J connectivity index is 2.16. The highest BCUT2D eigenvalue weighted by molar-refractivity contribution is 8.76. The Labute approximate surface area is 458 Å². The minimum Gasteiger partial charge on any atom is -0.480 e. The number of rotatable bonds is 18. The van der Waals surface area contributed by atoms with Crippen molar-refractivity contribution in [2.24, 2.45) is 34.8 Å². The number of primary amides is 3. The second-order valence-corrected chi connectivity index (χ2v) is 22.3. The maximum Gasteiger partial charge on any atom is 0.326 e. The summed E-state index contributed by atoms with van der Waals surface area (Å²) in [4.78, 5) is 183. The minimum absolute atomic E-state index is 0.00750. The van der Waals surface area contributed by atoms with Crippen molar-refractivity contribution in [3.63, 3.8) is 0 Å². The smallest absolute Gasteiger partial charge is 0.326 e. The normalized spacial score (nSPS) is 25.5. The number of carbonyl (C=O) groups excluding carboxylic acids is 12. The summed E-state index contributed by atoms with van der Waals surface area (Å²) in [6.07, 6.45) is 1.46. The van der Waals surface area contributed by atoms with E-state index in [0.717, 1.165) is 21.6 Å². The van der Waals surface area contributed by atoms with Crippen LogP contribution in [0, 0.1) is 11.8 Å². The van der Waals surface area contributed by atoms with Crippen LogP contribution in [0.2, 0.25) is 0 Å². The van der Waals surface area contributed by atoms with Crippen molar-refractivity contribution in [3.05, 3.63) is 18.2 Å². The summed E-state index contributed by atoms with van der Waals surface area (Å²) in [6, 6.07) is -14.7. The highest BCUT2D eigenvalue weighted by Gasteiger charge is 2.42. The highest BCUT2D eigenvalue weighted by atomic mass is 33.1. The first-order valence-electron chi connectivity index (χ1n) is 25.5. The van der Waals surface area contributed by atoms with Crippen LogP contribution in [0.25, 0.3) is 0 Å². The van der Waals surface area contributed by atoms with Crippen LogP contribution in [0.3, 0.4) is 0 Å². The number of nitrogens with one attached hydrogen (secondary N) is 9. The van der Waals surface area contributed by atoms with Gasteiger partial charge in [-0.1, -0.05) is 69.0 Å². The summed E-state index contributed by atoms with van der Waals surface area (Å²) < 4.78 is 0. The molecule has 10 atom stereocenters. The third kappa shape index (κ3) is 21.4. The molecule has 3 heterocycles. The highest BCUT2D eigenvalue weighted by Crippen LogP contribution is 2.25. The number of carboxylic acid groups (broad SMARTS) is 1. The van der Waals surface area contributed by atoms with Gasteiger partial charge in [0.15, 0.2) is 0 Å². The first-order valence-corrected chi connectivity index (χ1v) is 28.0. The number of nitrogens with two attached hydrogens (primary N) is 4. The van der Waals surface area contributed by atoms with E-state index in [1.54, 1.807) is 27.7 Å². The van der Waals surface area contributed by atoms with E-state index < -0.39 is 162 Å². The van der Waals surface area contributed by atoms with Crippen molar-refractivity contribution >= 4 is 98.4 Å². The quantitative estimate of drug-likeness (QED) is 0.0617. The second kappa shape index (κ2) is 32.0. The molecule has 1 aromatic rings. The molecule has 0 bridgehead atoms. The first-order chi connectivity index (χ1) is 36.7. The van der Waals surface area contributed by atoms with Gasteiger partial charge in [0.2, 0.25) is 70.9 Å². The fraction of sp³-hybridized carbons (Fsp3) is 0.660. The lowest BCUT2D eigenvalue weighted by atomic mass is 10.00. The fourth-order valence-corrected chi connectivity index (χ4v) is 10.5. The van der Waals surface area contributed by atoms with Gasteiger partial charge in [0, 0.05) is 42.8 Å². The lowest BCUT2D eigenvalue weighted by molar-refractivity contribution is -0.144. The number of amides is 12. The van der Waals surface area contributed by atoms with Crippen molar-refractivity contribution < 1.29 is 67.4 Å². The number of aromatic nitrogens is 2. The number of H-pyrrole nitrogens is 1. The Morgan fingerprint density at radius 2 is 1.31 bits per heavy atom. The predicted octanol–water partition coefficient (Wildman–Crippen LogP) is -4.46. The van der Waals surface area contributed by atoms with E-state index in [9.17, 15) is 67.4 Å². The van der Waals surface area contributed by atoms with Gasteiger partial charge in [-0.15, -0.1) is 0 Å². The zero-order chi connectivity index (χ0) is 58.4. The van der Waals surface area contributed by atoms with Crippen molar-refractivity contribution in [2.45, 2.75) is 166 Å². The number of aromatic amines is 1. The number of hydrogen-bond acceptors (Lipinski definition) is 17. The van der Waals surface area contributed by atoms with E-state index in [4.69, 9.17) is 22.9 Å². The van der Waals surface area contributed by atoms with Gasteiger partial charge in [-0.05, 0) is 43.9 Å². The molecule has 2 saturated heterocycles. The number of carboxylic acids is 1. The van der Waals surface area contributed by atoms with Crippen LogP contribution in [0.1, 0.15) is 105 Å². The fourth-order valence-electron chi connectivity index (χ4n) is 8.23. The van der Waals surface area contributed by atoms with Gasteiger partial charge in [-0.2, -0.15) is 0 Å². The molecule has 78 heavy (non-hydrogen) atoms. The molecule has 3 rings (SSSR count). The van der Waals surface area contributed by atoms with E-state index in [0.29, 0.717) is 18.5 Å². The summed E-state index contributed by atoms with van der Waals surface area (Å²) in [7, 11) is 1.82. The molecule has 0 aliphatic carbocycles. The third-order valence-electron chi connectivity index (χ3n) is 12.4. The lowest BCUT2D eigenvalue weighted by Crippen LogP contribution is -2.61. The molecule has 12 amide bonds. The van der Waals surface area contributed by atoms with E-state index >= 15 is 0 Å². The van der Waals surface area contributed by atoms with Crippen LogP contribution < -0.4 is 65.5 Å². The molecule has 2 aliphatic rings. The van der Waals surface area contributed by atoms with Gasteiger partial charge in [-0.3, -0.25) is 57.5 Å². The van der Waals surface area contributed by atoms with Crippen LogP contribution in [-0.4, -0.2) is 175 Å². The standard InChI is InChI=1S/C47H75N15O14S2/c1-6-7-9-26-39(67)57-28(14-22(2)3)41(69)58-29(15-24-18-52-21-53-24)42(70)55-27(11-12-34(49)63)40(68)61-37(23(4)5)46(74)62-13-8-10-33(62)45(73)60-32(44(72)59-31(47(75)76)17-36(51)65)20-78-77-19-25(48)38(66)56-30(16-35(50)64)43(71)54-26/h18,21-23,25-33,37H,6-17,19-20,48H2,1-5H3,(H2,49,63)(H2,50,64)(H2,51,65)(H,52,53)(H,54,71)(H,55,70)(H,56,66)(H,57,67)(H,58,69)(H,59,72)(H,60,73)(H,61,68)(H,75,76)/t25-,26-,27+,28+,29-,30+,31-,32-,33+,37-/m0/s1. The number of fused-ring (bicyclic) bond motifs is 1. The molecular formula is C47H75N15O14S2. The van der Waals surface area contributed by atoms with Gasteiger partial charge in [0.1, 0.15) is 54.4 Å². The minimum atomic E-state index is -1.81. The van der Waals surface area contributed by atoms with Crippen LogP contribution in [-0.2, 0) is 68.7 Å². The van der Waals surface area contributed by atoms with Crippen molar-refractivity contribution in [3.8, 4) is 0 Å². The third-order valence-corrected chi connectivity index (χ3v) is 14.9. The van der Waals surface area contributed by atoms with Gasteiger partial charge in [-0.25, -0.2) is 9.78 Å². The summed E-state index contributed by atoms with van der Waals surface area (Å²) in [6.45, 7) is 8.57. The number of aliphatic carboxylic acids is 1.